The highest BCUT2D eigenvalue weighted by Gasteiger charge is 2.09. The first-order valence-electron chi connectivity index (χ1n) is 10.3. The van der Waals surface area contributed by atoms with Crippen LogP contribution in [0.15, 0.2) is 66.9 Å². The molecular weight excluding hydrogens is 408 g/mol. The number of carbonyl (C=O) groups is 3. The third-order valence-corrected chi connectivity index (χ3v) is 4.54. The van der Waals surface area contributed by atoms with Crippen molar-refractivity contribution in [3.05, 3.63) is 78.0 Å². The Bertz CT molecular complexity index is 1120. The number of hydrogen-bond donors (Lipinski definition) is 1. The van der Waals surface area contributed by atoms with Crippen LogP contribution in [0, 0.1) is 0 Å². The van der Waals surface area contributed by atoms with Crippen LogP contribution in [-0.2, 0) is 19.1 Å². The predicted molar refractivity (Wildman–Crippen MR) is 122 cm³/mol. The van der Waals surface area contributed by atoms with E-state index in [1.807, 2.05) is 37.3 Å². The maximum atomic E-state index is 12.0. The SMILES string of the molecule is CCCCOC(=O)c1ccc(NC(=O)COC(=O)/C=C/c2cccc3cccnc23)cc1. The van der Waals surface area contributed by atoms with Gasteiger partial charge in [0.15, 0.2) is 6.61 Å². The van der Waals surface area contributed by atoms with Crippen molar-refractivity contribution in [2.75, 3.05) is 18.5 Å². The van der Waals surface area contributed by atoms with Crippen LogP contribution >= 0.6 is 0 Å². The molecule has 0 spiro atoms. The summed E-state index contributed by atoms with van der Waals surface area (Å²) in [5.41, 5.74) is 2.43. The minimum Gasteiger partial charge on any atom is -0.462 e. The predicted octanol–water partition coefficient (Wildman–Crippen LogP) is 4.39. The van der Waals surface area contributed by atoms with Crippen LogP contribution in [0.2, 0.25) is 0 Å². The Morgan fingerprint density at radius 3 is 2.56 bits per heavy atom. The average molecular weight is 432 g/mol. The molecule has 3 rings (SSSR count). The highest BCUT2D eigenvalue weighted by atomic mass is 16.5. The Balaban J connectivity index is 1.47. The second kappa shape index (κ2) is 11.4. The maximum absolute atomic E-state index is 12.0. The number of para-hydroxylation sites is 1. The number of nitrogens with zero attached hydrogens (tertiary/aromatic N) is 1. The number of anilines is 1. The van der Waals surface area contributed by atoms with Gasteiger partial charge in [0.1, 0.15) is 0 Å². The second-order valence-corrected chi connectivity index (χ2v) is 6.98. The highest BCUT2D eigenvalue weighted by molar-refractivity contribution is 5.96. The summed E-state index contributed by atoms with van der Waals surface area (Å²) in [6.45, 7) is 1.96. The quantitative estimate of drug-likeness (QED) is 0.306. The summed E-state index contributed by atoms with van der Waals surface area (Å²) in [5.74, 6) is -1.53. The van der Waals surface area contributed by atoms with E-state index < -0.39 is 24.5 Å². The molecule has 0 bridgehead atoms. The normalized spacial score (nSPS) is 10.8. The molecule has 0 aliphatic carbocycles. The van der Waals surface area contributed by atoms with Gasteiger partial charge in [0, 0.05) is 28.9 Å². The molecule has 0 radical (unpaired) electrons. The Labute approximate surface area is 186 Å². The maximum Gasteiger partial charge on any atom is 0.338 e. The summed E-state index contributed by atoms with van der Waals surface area (Å²) in [6, 6.07) is 15.7. The topological polar surface area (TPSA) is 94.6 Å². The molecule has 0 saturated heterocycles. The van der Waals surface area contributed by atoms with Gasteiger partial charge in [-0.2, -0.15) is 0 Å². The van der Waals surface area contributed by atoms with Crippen LogP contribution in [0.4, 0.5) is 5.69 Å². The van der Waals surface area contributed by atoms with E-state index in [1.54, 1.807) is 36.5 Å². The van der Waals surface area contributed by atoms with Crippen molar-refractivity contribution in [2.24, 2.45) is 0 Å². The largest absolute Gasteiger partial charge is 0.462 e. The monoisotopic (exact) mass is 432 g/mol. The van der Waals surface area contributed by atoms with E-state index in [1.165, 1.54) is 6.08 Å². The number of pyridine rings is 1. The molecule has 164 valence electrons. The van der Waals surface area contributed by atoms with Gasteiger partial charge in [0.25, 0.3) is 5.91 Å². The summed E-state index contributed by atoms with van der Waals surface area (Å²) < 4.78 is 10.1. The van der Waals surface area contributed by atoms with E-state index in [0.29, 0.717) is 17.9 Å². The summed E-state index contributed by atoms with van der Waals surface area (Å²) >= 11 is 0. The Kier molecular flexibility index (Phi) is 8.09. The summed E-state index contributed by atoms with van der Waals surface area (Å²) in [6.07, 6.45) is 6.30. The van der Waals surface area contributed by atoms with Crippen molar-refractivity contribution in [1.82, 2.24) is 4.98 Å². The van der Waals surface area contributed by atoms with Crippen LogP contribution in [0.3, 0.4) is 0 Å². The first-order chi connectivity index (χ1) is 15.6. The molecule has 1 N–H and O–H groups in total. The lowest BCUT2D eigenvalue weighted by molar-refractivity contribution is -0.142. The zero-order valence-electron chi connectivity index (χ0n) is 17.7. The standard InChI is InChI=1S/C25H24N2O5/c1-2-3-16-31-25(30)20-9-12-21(13-10-20)27-22(28)17-32-23(29)14-11-19-7-4-6-18-8-5-15-26-24(18)19/h4-15H,2-3,16-17H2,1H3,(H,27,28)/b14-11+. The average Bonchev–Trinajstić information content (AvgIpc) is 2.82. The van der Waals surface area contributed by atoms with Crippen molar-refractivity contribution in [2.45, 2.75) is 19.8 Å². The highest BCUT2D eigenvalue weighted by Crippen LogP contribution is 2.17. The van der Waals surface area contributed by atoms with E-state index in [9.17, 15) is 14.4 Å². The van der Waals surface area contributed by atoms with E-state index in [-0.39, 0.29) is 0 Å². The van der Waals surface area contributed by atoms with Gasteiger partial charge in [-0.25, -0.2) is 9.59 Å². The number of carbonyl (C=O) groups excluding carboxylic acids is 3. The van der Waals surface area contributed by atoms with Crippen LogP contribution in [-0.4, -0.2) is 36.0 Å². The molecule has 0 unspecified atom stereocenters. The first kappa shape index (κ1) is 22.7. The fourth-order valence-corrected chi connectivity index (χ4v) is 2.88. The molecule has 3 aromatic rings. The number of amides is 1. The van der Waals surface area contributed by atoms with Crippen molar-refractivity contribution >= 4 is 40.5 Å². The number of hydrogen-bond acceptors (Lipinski definition) is 6. The number of rotatable bonds is 9. The van der Waals surface area contributed by atoms with Crippen LogP contribution in [0.25, 0.3) is 17.0 Å². The number of fused-ring (bicyclic) bond motifs is 1. The minimum absolute atomic E-state index is 0.380. The molecule has 2 aromatic carbocycles. The van der Waals surface area contributed by atoms with Crippen LogP contribution < -0.4 is 5.32 Å². The molecule has 1 amide bonds. The zero-order valence-corrected chi connectivity index (χ0v) is 17.7. The van der Waals surface area contributed by atoms with Crippen molar-refractivity contribution in [3.63, 3.8) is 0 Å². The summed E-state index contributed by atoms with van der Waals surface area (Å²) in [7, 11) is 0. The van der Waals surface area contributed by atoms with Gasteiger partial charge in [-0.15, -0.1) is 0 Å². The Morgan fingerprint density at radius 2 is 1.78 bits per heavy atom. The van der Waals surface area contributed by atoms with Crippen molar-refractivity contribution in [3.8, 4) is 0 Å². The van der Waals surface area contributed by atoms with Crippen molar-refractivity contribution in [1.29, 1.82) is 0 Å². The molecule has 32 heavy (non-hydrogen) atoms. The number of unbranched alkanes of at least 4 members (excludes halogenated alkanes) is 1. The van der Waals surface area contributed by atoms with Crippen LogP contribution in [0.5, 0.6) is 0 Å². The second-order valence-electron chi connectivity index (χ2n) is 6.98. The first-order valence-corrected chi connectivity index (χ1v) is 10.3. The molecule has 1 heterocycles. The van der Waals surface area contributed by atoms with Crippen LogP contribution in [0.1, 0.15) is 35.7 Å². The van der Waals surface area contributed by atoms with Gasteiger partial charge in [0.2, 0.25) is 0 Å². The summed E-state index contributed by atoms with van der Waals surface area (Å²) in [4.78, 5) is 40.2. The Hall–Kier alpha value is -4.00. The number of nitrogens with one attached hydrogen (secondary N) is 1. The molecule has 0 atom stereocenters. The lowest BCUT2D eigenvalue weighted by Crippen LogP contribution is -2.20. The smallest absolute Gasteiger partial charge is 0.338 e. The number of esters is 2. The molecule has 0 aliphatic heterocycles. The molecule has 0 saturated carbocycles. The summed E-state index contributed by atoms with van der Waals surface area (Å²) in [5, 5.41) is 3.57. The fourth-order valence-electron chi connectivity index (χ4n) is 2.88. The van der Waals surface area contributed by atoms with Gasteiger partial charge in [0.05, 0.1) is 17.7 Å². The van der Waals surface area contributed by atoms with E-state index in [2.05, 4.69) is 10.3 Å². The molecule has 0 fully saturated rings. The van der Waals surface area contributed by atoms with E-state index in [0.717, 1.165) is 29.3 Å². The minimum atomic E-state index is -0.641. The number of aromatic nitrogens is 1. The molecule has 7 heteroatoms. The Morgan fingerprint density at radius 1 is 1.00 bits per heavy atom. The van der Waals surface area contributed by atoms with Crippen molar-refractivity contribution < 1.29 is 23.9 Å². The van der Waals surface area contributed by atoms with E-state index in [4.69, 9.17) is 9.47 Å². The van der Waals surface area contributed by atoms with Gasteiger partial charge >= 0.3 is 11.9 Å². The molecule has 1 aromatic heterocycles. The third-order valence-electron chi connectivity index (χ3n) is 4.54. The molecule has 0 aliphatic rings. The number of ether oxygens (including phenoxy) is 2. The van der Waals surface area contributed by atoms with Gasteiger partial charge < -0.3 is 14.8 Å². The molecular formula is C25H24N2O5. The fraction of sp³-hybridized carbons (Fsp3) is 0.200. The lowest BCUT2D eigenvalue weighted by Gasteiger charge is -2.07. The third kappa shape index (κ3) is 6.50. The van der Waals surface area contributed by atoms with E-state index >= 15 is 0 Å². The zero-order chi connectivity index (χ0) is 22.8. The van der Waals surface area contributed by atoms with Gasteiger partial charge in [-0.3, -0.25) is 9.78 Å². The number of benzene rings is 2. The lowest BCUT2D eigenvalue weighted by atomic mass is 10.1. The van der Waals surface area contributed by atoms with Gasteiger partial charge in [-0.05, 0) is 42.8 Å². The molecule has 7 nitrogen and oxygen atoms in total. The van der Waals surface area contributed by atoms with Gasteiger partial charge in [-0.1, -0.05) is 37.6 Å².